The number of hydrogen-bond donors (Lipinski definition) is 2. The summed E-state index contributed by atoms with van der Waals surface area (Å²) >= 11 is 1.26. The first-order chi connectivity index (χ1) is 15.7. The van der Waals surface area contributed by atoms with E-state index in [4.69, 9.17) is 0 Å². The van der Waals surface area contributed by atoms with Crippen molar-refractivity contribution in [3.05, 3.63) is 65.5 Å². The van der Waals surface area contributed by atoms with E-state index in [0.29, 0.717) is 16.8 Å². The third kappa shape index (κ3) is 5.72. The number of aromatic nitrogens is 3. The van der Waals surface area contributed by atoms with Crippen LogP contribution >= 0.6 is 11.8 Å². The minimum absolute atomic E-state index is 0.0231. The first kappa shape index (κ1) is 22.8. The zero-order valence-corrected chi connectivity index (χ0v) is 18.3. The zero-order chi connectivity index (χ0) is 23.6. The van der Waals surface area contributed by atoms with Gasteiger partial charge in [0.2, 0.25) is 5.91 Å². The van der Waals surface area contributed by atoms with Crippen LogP contribution in [-0.2, 0) is 18.0 Å². The molecule has 0 unspecified atom stereocenters. The third-order valence-corrected chi connectivity index (χ3v) is 6.02. The van der Waals surface area contributed by atoms with Crippen molar-refractivity contribution in [2.75, 3.05) is 16.4 Å². The highest BCUT2D eigenvalue weighted by molar-refractivity contribution is 7.99. The Hall–Kier alpha value is -3.34. The monoisotopic (exact) mass is 475 g/mol. The van der Waals surface area contributed by atoms with E-state index >= 15 is 0 Å². The molecule has 0 bridgehead atoms. The molecule has 1 aliphatic carbocycles. The van der Waals surface area contributed by atoms with Crippen LogP contribution in [0, 0.1) is 0 Å². The molecule has 2 aromatic carbocycles. The number of anilines is 2. The molecular weight excluding hydrogens is 455 g/mol. The Kier molecular flexibility index (Phi) is 6.41. The summed E-state index contributed by atoms with van der Waals surface area (Å²) in [6.45, 7) is 0. The van der Waals surface area contributed by atoms with Crippen molar-refractivity contribution in [3.8, 4) is 0 Å². The van der Waals surface area contributed by atoms with Crippen molar-refractivity contribution >= 4 is 35.0 Å². The van der Waals surface area contributed by atoms with Gasteiger partial charge in [0.05, 0.1) is 11.3 Å². The minimum atomic E-state index is -4.51. The number of nitrogens with zero attached hydrogens (tertiary/aromatic N) is 3. The minimum Gasteiger partial charge on any atom is -0.325 e. The van der Waals surface area contributed by atoms with Gasteiger partial charge >= 0.3 is 6.18 Å². The van der Waals surface area contributed by atoms with Crippen molar-refractivity contribution in [2.45, 2.75) is 30.1 Å². The molecule has 0 saturated heterocycles. The van der Waals surface area contributed by atoms with Gasteiger partial charge in [-0.3, -0.25) is 9.59 Å². The van der Waals surface area contributed by atoms with E-state index in [1.54, 1.807) is 12.1 Å². The van der Waals surface area contributed by atoms with Gasteiger partial charge in [-0.1, -0.05) is 23.9 Å². The number of hydrogen-bond acceptors (Lipinski definition) is 5. The fourth-order valence-corrected chi connectivity index (χ4v) is 3.91. The van der Waals surface area contributed by atoms with Crippen molar-refractivity contribution in [1.29, 1.82) is 0 Å². The smallest absolute Gasteiger partial charge is 0.325 e. The lowest BCUT2D eigenvalue weighted by Gasteiger charge is -2.11. The molecule has 0 aliphatic heterocycles. The van der Waals surface area contributed by atoms with Crippen LogP contribution in [0.15, 0.2) is 53.7 Å². The van der Waals surface area contributed by atoms with Crippen LogP contribution in [0.3, 0.4) is 0 Å². The number of carbonyl (C=O) groups is 2. The van der Waals surface area contributed by atoms with Gasteiger partial charge in [-0.2, -0.15) is 13.2 Å². The summed E-state index contributed by atoms with van der Waals surface area (Å²) in [4.78, 5) is 24.9. The Balaban J connectivity index is 1.35. The number of rotatable bonds is 7. The molecule has 0 atom stereocenters. The van der Waals surface area contributed by atoms with Gasteiger partial charge < -0.3 is 15.2 Å². The average molecular weight is 475 g/mol. The van der Waals surface area contributed by atoms with E-state index in [-0.39, 0.29) is 22.9 Å². The molecule has 1 heterocycles. The number of thioether (sulfide) groups is 1. The molecule has 4 rings (SSSR count). The average Bonchev–Trinajstić information content (AvgIpc) is 3.55. The van der Waals surface area contributed by atoms with Crippen LogP contribution in [0.5, 0.6) is 0 Å². The van der Waals surface area contributed by atoms with Gasteiger partial charge in [0, 0.05) is 29.9 Å². The second-order valence-corrected chi connectivity index (χ2v) is 8.57. The molecule has 2 N–H and O–H groups in total. The Morgan fingerprint density at radius 3 is 2.45 bits per heavy atom. The van der Waals surface area contributed by atoms with E-state index in [1.807, 2.05) is 11.6 Å². The molecule has 2 amide bonds. The van der Waals surface area contributed by atoms with Crippen LogP contribution in [0.25, 0.3) is 0 Å². The van der Waals surface area contributed by atoms with E-state index < -0.39 is 17.6 Å². The van der Waals surface area contributed by atoms with E-state index in [2.05, 4.69) is 20.8 Å². The molecule has 0 radical (unpaired) electrons. The van der Waals surface area contributed by atoms with Crippen molar-refractivity contribution in [3.63, 3.8) is 0 Å². The quantitative estimate of drug-likeness (QED) is 0.484. The summed E-state index contributed by atoms with van der Waals surface area (Å²) < 4.78 is 40.5. The van der Waals surface area contributed by atoms with E-state index in [1.165, 1.54) is 36.0 Å². The maximum absolute atomic E-state index is 12.9. The Morgan fingerprint density at radius 1 is 1.06 bits per heavy atom. The normalized spacial score (nSPS) is 13.6. The van der Waals surface area contributed by atoms with Crippen LogP contribution in [0.2, 0.25) is 0 Å². The second kappa shape index (κ2) is 9.26. The summed E-state index contributed by atoms with van der Waals surface area (Å²) in [5, 5.41) is 14.1. The zero-order valence-electron chi connectivity index (χ0n) is 17.5. The SMILES string of the molecule is Cn1c(SCC(=O)Nc2cccc(C(=O)Nc3cccc(C(F)(F)F)c3)c2)nnc1C1CC1. The highest BCUT2D eigenvalue weighted by atomic mass is 32.2. The van der Waals surface area contributed by atoms with Crippen LogP contribution < -0.4 is 10.6 Å². The number of nitrogens with one attached hydrogen (secondary N) is 2. The fraction of sp³-hybridized carbons (Fsp3) is 0.273. The number of benzene rings is 2. The molecule has 3 aromatic rings. The molecular formula is C22H20F3N5O2S. The fourth-order valence-electron chi connectivity index (χ4n) is 3.19. The van der Waals surface area contributed by atoms with Crippen molar-refractivity contribution in [1.82, 2.24) is 14.8 Å². The van der Waals surface area contributed by atoms with E-state index in [0.717, 1.165) is 30.8 Å². The summed E-state index contributed by atoms with van der Waals surface area (Å²) in [5.74, 6) is 0.614. The second-order valence-electron chi connectivity index (χ2n) is 7.62. The highest BCUT2D eigenvalue weighted by Gasteiger charge is 2.31. The predicted octanol–water partition coefficient (Wildman–Crippen LogP) is 4.69. The van der Waals surface area contributed by atoms with Crippen molar-refractivity contribution in [2.24, 2.45) is 7.05 Å². The van der Waals surface area contributed by atoms with Gasteiger partial charge in [0.1, 0.15) is 5.82 Å². The molecule has 33 heavy (non-hydrogen) atoms. The van der Waals surface area contributed by atoms with Crippen LogP contribution in [0.4, 0.5) is 24.5 Å². The third-order valence-electron chi connectivity index (χ3n) is 5.00. The molecule has 1 fully saturated rings. The van der Waals surface area contributed by atoms with Crippen molar-refractivity contribution < 1.29 is 22.8 Å². The molecule has 1 saturated carbocycles. The first-order valence-electron chi connectivity index (χ1n) is 10.1. The standard InChI is InChI=1S/C22H20F3N5O2S/c1-30-19(13-8-9-13)28-29-21(30)33-12-18(31)26-16-6-2-4-14(10-16)20(32)27-17-7-3-5-15(11-17)22(23,24)25/h2-7,10-11,13H,8-9,12H2,1H3,(H,26,31)(H,27,32). The molecule has 11 heteroatoms. The summed E-state index contributed by atoms with van der Waals surface area (Å²) in [6.07, 6.45) is -2.29. The van der Waals surface area contributed by atoms with Gasteiger partial charge in [-0.05, 0) is 49.2 Å². The maximum Gasteiger partial charge on any atom is 0.416 e. The number of amides is 2. The largest absolute Gasteiger partial charge is 0.416 e. The molecule has 0 spiro atoms. The molecule has 1 aliphatic rings. The highest BCUT2D eigenvalue weighted by Crippen LogP contribution is 2.39. The number of halogens is 3. The first-order valence-corrected chi connectivity index (χ1v) is 11.1. The van der Waals surface area contributed by atoms with Gasteiger partial charge in [-0.15, -0.1) is 10.2 Å². The topological polar surface area (TPSA) is 88.9 Å². The number of alkyl halides is 3. The Labute approximate surface area is 191 Å². The molecule has 7 nitrogen and oxygen atoms in total. The lowest BCUT2D eigenvalue weighted by Crippen LogP contribution is -2.16. The lowest BCUT2D eigenvalue weighted by molar-refractivity contribution is -0.137. The lowest BCUT2D eigenvalue weighted by atomic mass is 10.1. The Bertz CT molecular complexity index is 1190. The number of carbonyl (C=O) groups excluding carboxylic acids is 2. The predicted molar refractivity (Wildman–Crippen MR) is 118 cm³/mol. The van der Waals surface area contributed by atoms with Gasteiger partial charge in [0.15, 0.2) is 5.16 Å². The summed E-state index contributed by atoms with van der Waals surface area (Å²) in [5.41, 5.74) is -0.241. The molecule has 172 valence electrons. The van der Waals surface area contributed by atoms with Crippen LogP contribution in [0.1, 0.15) is 40.5 Å². The van der Waals surface area contributed by atoms with E-state index in [9.17, 15) is 22.8 Å². The maximum atomic E-state index is 12.9. The van der Waals surface area contributed by atoms with Gasteiger partial charge in [-0.25, -0.2) is 0 Å². The summed E-state index contributed by atoms with van der Waals surface area (Å²) in [7, 11) is 1.88. The summed E-state index contributed by atoms with van der Waals surface area (Å²) in [6, 6.07) is 10.5. The van der Waals surface area contributed by atoms with Gasteiger partial charge in [0.25, 0.3) is 5.91 Å². The van der Waals surface area contributed by atoms with Crippen LogP contribution in [-0.4, -0.2) is 32.3 Å². The Morgan fingerprint density at radius 2 is 1.76 bits per heavy atom. The molecule has 1 aromatic heterocycles.